The van der Waals surface area contributed by atoms with Crippen molar-refractivity contribution in [2.45, 2.75) is 24.1 Å². The average Bonchev–Trinajstić information content (AvgIpc) is 3.17. The lowest BCUT2D eigenvalue weighted by Gasteiger charge is -2.22. The Balaban J connectivity index is 2.11. The topological polar surface area (TPSA) is 227 Å². The standard InChI is InChI=1S/C10H15N4O11P3/c15-9(7(27(18,19)20)13-3-1-11-5-13)24-26(17)25-10(16)8(28(21,22)23)14-4-2-12-6-14/h1-10,15-16H,(H3-,18,19,20,21,22,23)/p+1. The van der Waals surface area contributed by atoms with Crippen molar-refractivity contribution in [3.05, 3.63) is 37.4 Å². The van der Waals surface area contributed by atoms with Crippen LogP contribution in [0.4, 0.5) is 0 Å². The molecule has 0 fully saturated rings. The van der Waals surface area contributed by atoms with E-state index >= 15 is 0 Å². The minimum atomic E-state index is -5.03. The van der Waals surface area contributed by atoms with E-state index in [1.807, 2.05) is 0 Å². The molecule has 0 aliphatic rings. The van der Waals surface area contributed by atoms with Crippen molar-refractivity contribution >= 4 is 23.4 Å². The zero-order valence-electron chi connectivity index (χ0n) is 13.6. The molecule has 2 rings (SSSR count). The van der Waals surface area contributed by atoms with Crippen LogP contribution in [0.5, 0.6) is 0 Å². The third-order valence-electron chi connectivity index (χ3n) is 3.25. The first-order valence-corrected chi connectivity index (χ1v) is 11.6. The van der Waals surface area contributed by atoms with Gasteiger partial charge in [0.2, 0.25) is 12.6 Å². The average molecular weight is 461 g/mol. The molecule has 28 heavy (non-hydrogen) atoms. The number of aliphatic hydroxyl groups excluding tert-OH is 2. The molecular weight excluding hydrogens is 445 g/mol. The van der Waals surface area contributed by atoms with Gasteiger partial charge in [-0.1, -0.05) is 9.05 Å². The van der Waals surface area contributed by atoms with Gasteiger partial charge in [-0.25, -0.2) is 9.97 Å². The number of hydrogen-bond donors (Lipinski definition) is 6. The number of rotatable bonds is 10. The highest BCUT2D eigenvalue weighted by molar-refractivity contribution is 7.52. The quantitative estimate of drug-likeness (QED) is 0.193. The molecule has 0 saturated heterocycles. The molecule has 15 nitrogen and oxygen atoms in total. The Morgan fingerprint density at radius 1 is 0.821 bits per heavy atom. The molecule has 156 valence electrons. The summed E-state index contributed by atoms with van der Waals surface area (Å²) >= 11 is 0. The van der Waals surface area contributed by atoms with Crippen molar-refractivity contribution in [2.75, 3.05) is 0 Å². The molecule has 0 radical (unpaired) electrons. The van der Waals surface area contributed by atoms with Gasteiger partial charge in [-0.15, -0.1) is 0 Å². The van der Waals surface area contributed by atoms with Crippen molar-refractivity contribution < 1.29 is 52.5 Å². The third-order valence-corrected chi connectivity index (χ3v) is 6.45. The largest absolute Gasteiger partial charge is 0.703 e. The van der Waals surface area contributed by atoms with Crippen LogP contribution < -0.4 is 0 Å². The van der Waals surface area contributed by atoms with Crippen LogP contribution in [0.1, 0.15) is 11.6 Å². The van der Waals surface area contributed by atoms with Crippen LogP contribution in [0.15, 0.2) is 37.4 Å². The van der Waals surface area contributed by atoms with Crippen LogP contribution in [0.2, 0.25) is 0 Å². The monoisotopic (exact) mass is 461 g/mol. The lowest BCUT2D eigenvalue weighted by molar-refractivity contribution is -0.0781. The predicted octanol–water partition coefficient (Wildman–Crippen LogP) is -0.540. The molecule has 2 aromatic rings. The molecule has 2 aromatic heterocycles. The summed E-state index contributed by atoms with van der Waals surface area (Å²) in [5, 5.41) is 19.8. The third kappa shape index (κ3) is 5.83. The first kappa shape index (κ1) is 22.9. The van der Waals surface area contributed by atoms with E-state index < -0.39 is 47.6 Å². The van der Waals surface area contributed by atoms with E-state index in [2.05, 4.69) is 19.0 Å². The van der Waals surface area contributed by atoms with Crippen LogP contribution in [-0.2, 0) is 22.7 Å². The Bertz CT molecular complexity index is 793. The number of hydrogen-bond acceptors (Lipinski definition) is 9. The highest BCUT2D eigenvalue weighted by Gasteiger charge is 2.47. The molecule has 0 amide bonds. The normalized spacial score (nSPS) is 17.7. The van der Waals surface area contributed by atoms with Crippen LogP contribution in [0.25, 0.3) is 0 Å². The lowest BCUT2D eigenvalue weighted by atomic mass is 10.6. The number of aromatic nitrogens is 4. The van der Waals surface area contributed by atoms with E-state index in [4.69, 9.17) is 0 Å². The van der Waals surface area contributed by atoms with Gasteiger partial charge in [0.15, 0.2) is 11.6 Å². The Labute approximate surface area is 157 Å². The maximum atomic E-state index is 11.9. The predicted molar refractivity (Wildman–Crippen MR) is 88.4 cm³/mol. The molecule has 0 saturated carbocycles. The van der Waals surface area contributed by atoms with Gasteiger partial charge in [0.1, 0.15) is 0 Å². The smallest absolute Gasteiger partial charge is 0.362 e. The van der Waals surface area contributed by atoms with Crippen LogP contribution in [0.3, 0.4) is 0 Å². The molecule has 2 heterocycles. The molecule has 4 unspecified atom stereocenters. The number of nitrogens with zero attached hydrogens (tertiary/aromatic N) is 4. The summed E-state index contributed by atoms with van der Waals surface area (Å²) < 4.78 is 45.6. The van der Waals surface area contributed by atoms with Gasteiger partial charge in [0.05, 0.1) is 12.7 Å². The first-order chi connectivity index (χ1) is 12.9. The van der Waals surface area contributed by atoms with Crippen molar-refractivity contribution in [1.82, 2.24) is 19.1 Å². The second-order valence-electron chi connectivity index (χ2n) is 5.24. The Morgan fingerprint density at radius 3 is 1.43 bits per heavy atom. The van der Waals surface area contributed by atoms with Gasteiger partial charge in [0.25, 0.3) is 0 Å². The van der Waals surface area contributed by atoms with E-state index in [0.717, 1.165) is 46.6 Å². The molecular formula is C10H16N4O11P3+. The van der Waals surface area contributed by atoms with E-state index in [9.17, 15) is 43.5 Å². The lowest BCUT2D eigenvalue weighted by Crippen LogP contribution is -2.27. The summed E-state index contributed by atoms with van der Waals surface area (Å²) in [5.41, 5.74) is 0. The highest BCUT2D eigenvalue weighted by Crippen LogP contribution is 2.54. The van der Waals surface area contributed by atoms with Crippen molar-refractivity contribution in [1.29, 1.82) is 0 Å². The summed E-state index contributed by atoms with van der Waals surface area (Å²) in [5.74, 6) is -4.08. The summed E-state index contributed by atoms with van der Waals surface area (Å²) in [6.07, 6.45) is 1.67. The maximum Gasteiger partial charge on any atom is 0.703 e. The second-order valence-corrected chi connectivity index (χ2v) is 9.52. The minimum Gasteiger partial charge on any atom is -0.362 e. The molecule has 0 aliphatic carbocycles. The molecule has 0 bridgehead atoms. The molecule has 18 heteroatoms. The minimum absolute atomic E-state index is 0.801. The molecule has 0 spiro atoms. The van der Waals surface area contributed by atoms with Gasteiger partial charge >= 0.3 is 23.4 Å². The summed E-state index contributed by atoms with van der Waals surface area (Å²) in [6.45, 7) is 0. The number of imidazole rings is 2. The fourth-order valence-corrected chi connectivity index (χ4v) is 4.72. The Kier molecular flexibility index (Phi) is 7.37. The van der Waals surface area contributed by atoms with Gasteiger partial charge in [-0.05, 0) is 0 Å². The SMILES string of the molecule is O=[P+](OC(O)C(n1ccnc1)P(=O)(O)O)OC(O)C(n1ccnc1)P(=O)(O)O. The van der Waals surface area contributed by atoms with Crippen LogP contribution in [-0.4, -0.2) is 61.5 Å². The first-order valence-electron chi connectivity index (χ1n) is 7.13. The van der Waals surface area contributed by atoms with E-state index in [-0.39, 0.29) is 0 Å². The van der Waals surface area contributed by atoms with Gasteiger partial charge in [-0.2, -0.15) is 0 Å². The molecule has 6 N–H and O–H groups in total. The Hall–Kier alpha value is -1.34. The fourth-order valence-electron chi connectivity index (χ4n) is 2.14. The van der Waals surface area contributed by atoms with Crippen molar-refractivity contribution in [3.63, 3.8) is 0 Å². The Morgan fingerprint density at radius 2 is 1.18 bits per heavy atom. The van der Waals surface area contributed by atoms with Crippen molar-refractivity contribution in [3.8, 4) is 0 Å². The van der Waals surface area contributed by atoms with E-state index in [1.54, 1.807) is 0 Å². The fraction of sp³-hybridized carbons (Fsp3) is 0.400. The second kappa shape index (κ2) is 8.99. The van der Waals surface area contributed by atoms with Crippen LogP contribution in [0, 0.1) is 0 Å². The van der Waals surface area contributed by atoms with Gasteiger partial charge in [-0.3, -0.25) is 9.13 Å². The number of aliphatic hydroxyl groups is 2. The zero-order valence-corrected chi connectivity index (χ0v) is 16.3. The molecule has 4 atom stereocenters. The summed E-state index contributed by atoms with van der Waals surface area (Å²) in [4.78, 5) is 44.6. The molecule has 0 aliphatic heterocycles. The van der Waals surface area contributed by atoms with Gasteiger partial charge < -0.3 is 38.9 Å². The molecule has 0 aromatic carbocycles. The van der Waals surface area contributed by atoms with E-state index in [1.165, 1.54) is 0 Å². The zero-order chi connectivity index (χ0) is 21.1. The summed E-state index contributed by atoms with van der Waals surface area (Å²) in [7, 11) is -13.5. The van der Waals surface area contributed by atoms with Gasteiger partial charge in [0, 0.05) is 29.4 Å². The van der Waals surface area contributed by atoms with Crippen LogP contribution >= 0.6 is 23.4 Å². The van der Waals surface area contributed by atoms with E-state index in [0.29, 0.717) is 0 Å². The van der Waals surface area contributed by atoms with Crippen molar-refractivity contribution in [2.24, 2.45) is 0 Å². The summed E-state index contributed by atoms with van der Waals surface area (Å²) in [6, 6.07) is 0. The maximum absolute atomic E-state index is 11.9. The highest BCUT2D eigenvalue weighted by atomic mass is 31.2.